The van der Waals surface area contributed by atoms with Crippen molar-refractivity contribution in [3.8, 4) is 11.4 Å². The predicted octanol–water partition coefficient (Wildman–Crippen LogP) is 4.98. The van der Waals surface area contributed by atoms with E-state index in [1.165, 1.54) is 23.9 Å². The molecule has 4 aromatic rings. The van der Waals surface area contributed by atoms with Crippen molar-refractivity contribution >= 4 is 22.7 Å². The number of hydrogen-bond donors (Lipinski definition) is 0. The molecule has 0 bridgehead atoms. The molecule has 146 valence electrons. The third-order valence-corrected chi connectivity index (χ3v) is 5.50. The number of halogens is 1. The predicted molar refractivity (Wildman–Crippen MR) is 112 cm³/mol. The molecule has 4 rings (SSSR count). The second-order valence-electron chi connectivity index (χ2n) is 6.56. The number of nitrogens with zero attached hydrogens (tertiary/aromatic N) is 3. The Morgan fingerprint density at radius 1 is 1.21 bits per heavy atom. The summed E-state index contributed by atoms with van der Waals surface area (Å²) in [5.74, 6) is 0.583. The van der Waals surface area contributed by atoms with Crippen LogP contribution in [0.3, 0.4) is 0 Å². The first-order valence-corrected chi connectivity index (χ1v) is 10.0. The zero-order valence-electron chi connectivity index (χ0n) is 15.8. The van der Waals surface area contributed by atoms with E-state index in [2.05, 4.69) is 16.8 Å². The molecule has 0 aliphatic heterocycles. The molecule has 0 amide bonds. The average molecular weight is 407 g/mol. The molecule has 0 spiro atoms. The van der Waals surface area contributed by atoms with E-state index >= 15 is 0 Å². The lowest BCUT2D eigenvalue weighted by atomic mass is 10.1. The highest BCUT2D eigenvalue weighted by atomic mass is 32.2. The summed E-state index contributed by atoms with van der Waals surface area (Å²) in [7, 11) is 0. The van der Waals surface area contributed by atoms with Crippen LogP contribution in [0.1, 0.15) is 11.1 Å². The third kappa shape index (κ3) is 3.86. The van der Waals surface area contributed by atoms with E-state index in [0.717, 1.165) is 16.5 Å². The van der Waals surface area contributed by atoms with Crippen LogP contribution in [0.15, 0.2) is 75.6 Å². The maximum atomic E-state index is 14.2. The average Bonchev–Trinajstić information content (AvgIpc) is 3.08. The summed E-state index contributed by atoms with van der Waals surface area (Å²) in [6.45, 7) is 6.17. The Morgan fingerprint density at radius 2 is 2.03 bits per heavy atom. The molecule has 0 atom stereocenters. The highest BCUT2D eigenvalue weighted by Gasteiger charge is 2.17. The smallest absolute Gasteiger partial charge is 0.336 e. The minimum absolute atomic E-state index is 0.358. The number of fused-ring (bicyclic) bond motifs is 1. The van der Waals surface area contributed by atoms with Crippen LogP contribution in [0.4, 0.5) is 4.39 Å². The molecule has 2 aromatic heterocycles. The SMILES string of the molecule is C=CCn1c(SCc2cc(=O)oc3cc(C)ccc23)nnc1-c1ccccc1F. The fourth-order valence-electron chi connectivity index (χ4n) is 3.13. The molecular weight excluding hydrogens is 389 g/mol. The Labute approximate surface area is 170 Å². The van der Waals surface area contributed by atoms with Gasteiger partial charge in [-0.2, -0.15) is 0 Å². The summed E-state index contributed by atoms with van der Waals surface area (Å²) in [6.07, 6.45) is 1.72. The summed E-state index contributed by atoms with van der Waals surface area (Å²) in [6, 6.07) is 13.7. The molecule has 29 heavy (non-hydrogen) atoms. The summed E-state index contributed by atoms with van der Waals surface area (Å²) < 4.78 is 21.4. The van der Waals surface area contributed by atoms with Crippen LogP contribution < -0.4 is 5.63 Å². The molecular formula is C22H18FN3O2S. The Morgan fingerprint density at radius 3 is 2.83 bits per heavy atom. The van der Waals surface area contributed by atoms with E-state index < -0.39 is 5.63 Å². The molecule has 0 aliphatic rings. The van der Waals surface area contributed by atoms with Crippen LogP contribution in [-0.4, -0.2) is 14.8 Å². The Bertz CT molecular complexity index is 1260. The van der Waals surface area contributed by atoms with Crippen LogP contribution in [0.25, 0.3) is 22.4 Å². The van der Waals surface area contributed by atoms with Gasteiger partial charge in [0.25, 0.3) is 0 Å². The lowest BCUT2D eigenvalue weighted by Crippen LogP contribution is -2.03. The van der Waals surface area contributed by atoms with Crippen molar-refractivity contribution in [1.29, 1.82) is 0 Å². The second kappa shape index (κ2) is 8.05. The van der Waals surface area contributed by atoms with Crippen molar-refractivity contribution in [2.75, 3.05) is 0 Å². The first-order valence-electron chi connectivity index (χ1n) is 9.02. The van der Waals surface area contributed by atoms with Gasteiger partial charge >= 0.3 is 5.63 Å². The normalized spacial score (nSPS) is 11.1. The molecule has 2 heterocycles. The van der Waals surface area contributed by atoms with Crippen molar-refractivity contribution in [3.63, 3.8) is 0 Å². The van der Waals surface area contributed by atoms with E-state index in [0.29, 0.717) is 34.4 Å². The van der Waals surface area contributed by atoms with Crippen molar-refractivity contribution in [2.24, 2.45) is 0 Å². The number of benzene rings is 2. The van der Waals surface area contributed by atoms with Gasteiger partial charge in [0.1, 0.15) is 11.4 Å². The molecule has 0 unspecified atom stereocenters. The number of hydrogen-bond acceptors (Lipinski definition) is 5. The highest BCUT2D eigenvalue weighted by molar-refractivity contribution is 7.98. The van der Waals surface area contributed by atoms with Gasteiger partial charge in [-0.3, -0.25) is 4.57 Å². The van der Waals surface area contributed by atoms with Gasteiger partial charge in [0.05, 0.1) is 5.56 Å². The minimum Gasteiger partial charge on any atom is -0.423 e. The van der Waals surface area contributed by atoms with Crippen LogP contribution >= 0.6 is 11.8 Å². The number of rotatable bonds is 6. The maximum absolute atomic E-state index is 14.2. The highest BCUT2D eigenvalue weighted by Crippen LogP contribution is 2.29. The first-order chi connectivity index (χ1) is 14.1. The molecule has 0 radical (unpaired) electrons. The lowest BCUT2D eigenvalue weighted by Gasteiger charge is -2.09. The molecule has 7 heteroatoms. The van der Waals surface area contributed by atoms with Crippen LogP contribution in [0.5, 0.6) is 0 Å². The minimum atomic E-state index is -0.390. The number of aromatic nitrogens is 3. The molecule has 0 saturated carbocycles. The first kappa shape index (κ1) is 19.1. The topological polar surface area (TPSA) is 60.9 Å². The number of allylic oxidation sites excluding steroid dienone is 1. The molecule has 0 aliphatic carbocycles. The molecule has 0 saturated heterocycles. The number of aryl methyl sites for hydroxylation is 1. The van der Waals surface area contributed by atoms with Crippen LogP contribution in [0, 0.1) is 12.7 Å². The van der Waals surface area contributed by atoms with E-state index in [-0.39, 0.29) is 5.82 Å². The van der Waals surface area contributed by atoms with E-state index in [1.54, 1.807) is 24.3 Å². The summed E-state index contributed by atoms with van der Waals surface area (Å²) in [5, 5.41) is 9.94. The van der Waals surface area contributed by atoms with Crippen molar-refractivity contribution < 1.29 is 8.81 Å². The molecule has 0 N–H and O–H groups in total. The Hall–Kier alpha value is -3.19. The van der Waals surface area contributed by atoms with Gasteiger partial charge in [0, 0.05) is 23.8 Å². The van der Waals surface area contributed by atoms with Gasteiger partial charge in [0.15, 0.2) is 11.0 Å². The summed E-state index contributed by atoms with van der Waals surface area (Å²) >= 11 is 1.43. The van der Waals surface area contributed by atoms with Gasteiger partial charge in [-0.25, -0.2) is 9.18 Å². The third-order valence-electron chi connectivity index (χ3n) is 4.49. The zero-order chi connectivity index (χ0) is 20.4. The standard InChI is InChI=1S/C22H18FN3O2S/c1-3-10-26-21(17-6-4-5-7-18(17)23)24-25-22(26)29-13-15-12-20(27)28-19-11-14(2)8-9-16(15)19/h3-9,11-12H,1,10,13H2,2H3. The fourth-order valence-corrected chi connectivity index (χ4v) is 4.07. The Kier molecular flexibility index (Phi) is 5.31. The number of thioether (sulfide) groups is 1. The quantitative estimate of drug-likeness (QED) is 0.256. The van der Waals surface area contributed by atoms with Crippen LogP contribution in [-0.2, 0) is 12.3 Å². The van der Waals surface area contributed by atoms with Crippen molar-refractivity contribution in [2.45, 2.75) is 24.4 Å². The van der Waals surface area contributed by atoms with E-state index in [1.807, 2.05) is 29.7 Å². The van der Waals surface area contributed by atoms with E-state index in [9.17, 15) is 9.18 Å². The van der Waals surface area contributed by atoms with Crippen molar-refractivity contribution in [1.82, 2.24) is 14.8 Å². The van der Waals surface area contributed by atoms with Gasteiger partial charge < -0.3 is 4.42 Å². The van der Waals surface area contributed by atoms with E-state index in [4.69, 9.17) is 4.42 Å². The lowest BCUT2D eigenvalue weighted by molar-refractivity contribution is 0.559. The fraction of sp³-hybridized carbons (Fsp3) is 0.136. The molecule has 2 aromatic carbocycles. The monoisotopic (exact) mass is 407 g/mol. The summed E-state index contributed by atoms with van der Waals surface area (Å²) in [4.78, 5) is 12.0. The Balaban J connectivity index is 1.69. The van der Waals surface area contributed by atoms with Gasteiger partial charge in [0.2, 0.25) is 0 Å². The van der Waals surface area contributed by atoms with Gasteiger partial charge in [-0.15, -0.1) is 16.8 Å². The zero-order valence-corrected chi connectivity index (χ0v) is 16.6. The van der Waals surface area contributed by atoms with Crippen molar-refractivity contribution in [3.05, 3.63) is 88.6 Å². The summed E-state index contributed by atoms with van der Waals surface area (Å²) in [5.41, 5.74) is 2.42. The van der Waals surface area contributed by atoms with Crippen LogP contribution in [0.2, 0.25) is 0 Å². The largest absolute Gasteiger partial charge is 0.423 e. The van der Waals surface area contributed by atoms with Gasteiger partial charge in [-0.1, -0.05) is 42.1 Å². The molecule has 0 fully saturated rings. The second-order valence-corrected chi connectivity index (χ2v) is 7.51. The maximum Gasteiger partial charge on any atom is 0.336 e. The molecule has 5 nitrogen and oxygen atoms in total. The van der Waals surface area contributed by atoms with Gasteiger partial charge in [-0.05, 0) is 36.2 Å².